The predicted molar refractivity (Wildman–Crippen MR) is 92.8 cm³/mol. The van der Waals surface area contributed by atoms with Gasteiger partial charge in [-0.1, -0.05) is 24.3 Å². The lowest BCUT2D eigenvalue weighted by atomic mass is 10.1. The molecule has 0 unspecified atom stereocenters. The normalized spacial score (nSPS) is 10.5. The summed E-state index contributed by atoms with van der Waals surface area (Å²) in [5, 5.41) is 2.87. The second kappa shape index (κ2) is 8.26. The highest BCUT2D eigenvalue weighted by Gasteiger charge is 2.07. The average molecular weight is 326 g/mol. The Kier molecular flexibility index (Phi) is 6.09. The lowest BCUT2D eigenvalue weighted by molar-refractivity contribution is 0.0600. The van der Waals surface area contributed by atoms with Crippen LogP contribution in [0.1, 0.15) is 31.8 Å². The molecule has 126 valence electrons. The molecular weight excluding hydrogens is 304 g/mol. The molecule has 0 saturated carbocycles. The van der Waals surface area contributed by atoms with Crippen molar-refractivity contribution >= 4 is 11.9 Å². The second-order valence-electron chi connectivity index (χ2n) is 5.81. The van der Waals surface area contributed by atoms with Gasteiger partial charge in [0.05, 0.1) is 12.7 Å². The summed E-state index contributed by atoms with van der Waals surface area (Å²) in [5.41, 5.74) is 3.20. The Hall–Kier alpha value is -2.66. The van der Waals surface area contributed by atoms with Crippen LogP contribution in [0.4, 0.5) is 0 Å². The number of esters is 1. The zero-order valence-electron chi connectivity index (χ0n) is 14.2. The molecule has 0 aliphatic carbocycles. The van der Waals surface area contributed by atoms with Crippen molar-refractivity contribution in [1.82, 2.24) is 10.2 Å². The van der Waals surface area contributed by atoms with Crippen molar-refractivity contribution in [2.75, 3.05) is 21.2 Å². The summed E-state index contributed by atoms with van der Waals surface area (Å²) in [5.74, 6) is -0.494. The number of amides is 1. The van der Waals surface area contributed by atoms with Crippen molar-refractivity contribution in [1.29, 1.82) is 0 Å². The molecule has 1 amide bonds. The van der Waals surface area contributed by atoms with Gasteiger partial charge in [0, 0.05) is 18.7 Å². The SMILES string of the molecule is COC(=O)c1ccc(CNC(=O)c2ccc(CN(C)C)cc2)cc1. The summed E-state index contributed by atoms with van der Waals surface area (Å²) in [6.45, 7) is 1.24. The third-order valence-corrected chi connectivity index (χ3v) is 3.54. The van der Waals surface area contributed by atoms with E-state index in [0.717, 1.165) is 17.7 Å². The van der Waals surface area contributed by atoms with Crippen LogP contribution in [0.5, 0.6) is 0 Å². The van der Waals surface area contributed by atoms with E-state index in [-0.39, 0.29) is 11.9 Å². The van der Waals surface area contributed by atoms with Gasteiger partial charge in [-0.3, -0.25) is 4.79 Å². The number of nitrogens with zero attached hydrogens (tertiary/aromatic N) is 1. The molecule has 0 aliphatic heterocycles. The first-order valence-electron chi connectivity index (χ1n) is 7.68. The Labute approximate surface area is 142 Å². The van der Waals surface area contributed by atoms with E-state index in [0.29, 0.717) is 17.7 Å². The van der Waals surface area contributed by atoms with Crippen molar-refractivity contribution in [2.45, 2.75) is 13.1 Å². The summed E-state index contributed by atoms with van der Waals surface area (Å²) in [4.78, 5) is 25.6. The van der Waals surface area contributed by atoms with Gasteiger partial charge >= 0.3 is 5.97 Å². The smallest absolute Gasteiger partial charge is 0.337 e. The van der Waals surface area contributed by atoms with E-state index in [1.807, 2.05) is 38.4 Å². The predicted octanol–water partition coefficient (Wildman–Crippen LogP) is 2.46. The molecule has 0 heterocycles. The Morgan fingerprint density at radius 3 is 2.00 bits per heavy atom. The van der Waals surface area contributed by atoms with Crippen molar-refractivity contribution in [3.63, 3.8) is 0 Å². The minimum atomic E-state index is -0.372. The van der Waals surface area contributed by atoms with Gasteiger partial charge in [-0.15, -0.1) is 0 Å². The molecule has 0 radical (unpaired) electrons. The highest BCUT2D eigenvalue weighted by Crippen LogP contribution is 2.08. The van der Waals surface area contributed by atoms with Crippen LogP contribution >= 0.6 is 0 Å². The molecule has 24 heavy (non-hydrogen) atoms. The number of hydrogen-bond acceptors (Lipinski definition) is 4. The number of ether oxygens (including phenoxy) is 1. The van der Waals surface area contributed by atoms with E-state index in [2.05, 4.69) is 15.0 Å². The summed E-state index contributed by atoms with van der Waals surface area (Å²) >= 11 is 0. The number of nitrogens with one attached hydrogen (secondary N) is 1. The largest absolute Gasteiger partial charge is 0.465 e. The van der Waals surface area contributed by atoms with Gasteiger partial charge in [0.15, 0.2) is 0 Å². The maximum atomic E-state index is 12.2. The molecule has 0 fully saturated rings. The number of benzene rings is 2. The molecule has 5 heteroatoms. The van der Waals surface area contributed by atoms with Crippen molar-refractivity contribution < 1.29 is 14.3 Å². The molecule has 2 aromatic carbocycles. The molecule has 2 aromatic rings. The standard InChI is InChI=1S/C19H22N2O3/c1-21(2)13-15-6-8-16(9-7-15)18(22)20-12-14-4-10-17(11-5-14)19(23)24-3/h4-11H,12-13H2,1-3H3,(H,20,22). The van der Waals surface area contributed by atoms with Crippen LogP contribution in [-0.2, 0) is 17.8 Å². The number of carbonyl (C=O) groups is 2. The van der Waals surface area contributed by atoms with Gasteiger partial charge in [-0.2, -0.15) is 0 Å². The van der Waals surface area contributed by atoms with Crippen LogP contribution in [0.3, 0.4) is 0 Å². The topological polar surface area (TPSA) is 58.6 Å². The zero-order valence-corrected chi connectivity index (χ0v) is 14.2. The van der Waals surface area contributed by atoms with E-state index in [1.165, 1.54) is 7.11 Å². The van der Waals surface area contributed by atoms with Crippen molar-refractivity contribution in [3.8, 4) is 0 Å². The van der Waals surface area contributed by atoms with Crippen LogP contribution in [0.25, 0.3) is 0 Å². The van der Waals surface area contributed by atoms with Crippen LogP contribution in [-0.4, -0.2) is 38.0 Å². The maximum Gasteiger partial charge on any atom is 0.337 e. The molecule has 2 rings (SSSR count). The summed E-state index contributed by atoms with van der Waals surface area (Å²) in [6, 6.07) is 14.5. The fourth-order valence-electron chi connectivity index (χ4n) is 2.29. The van der Waals surface area contributed by atoms with Crippen LogP contribution in [0.2, 0.25) is 0 Å². The molecule has 0 aromatic heterocycles. The molecule has 1 N–H and O–H groups in total. The quantitative estimate of drug-likeness (QED) is 0.829. The van der Waals surface area contributed by atoms with E-state index in [1.54, 1.807) is 24.3 Å². The lowest BCUT2D eigenvalue weighted by Gasteiger charge is -2.10. The first kappa shape index (κ1) is 17.7. The summed E-state index contributed by atoms with van der Waals surface area (Å²) < 4.78 is 4.65. The van der Waals surface area contributed by atoms with Gasteiger partial charge < -0.3 is 15.0 Å². The maximum absolute atomic E-state index is 12.2. The third-order valence-electron chi connectivity index (χ3n) is 3.54. The first-order valence-corrected chi connectivity index (χ1v) is 7.68. The Morgan fingerprint density at radius 1 is 0.917 bits per heavy atom. The molecule has 0 aliphatic rings. The molecule has 0 bridgehead atoms. The molecule has 5 nitrogen and oxygen atoms in total. The van der Waals surface area contributed by atoms with Crippen LogP contribution in [0.15, 0.2) is 48.5 Å². The molecular formula is C19H22N2O3. The lowest BCUT2D eigenvalue weighted by Crippen LogP contribution is -2.22. The number of rotatable bonds is 6. The number of hydrogen-bond donors (Lipinski definition) is 1. The summed E-state index contributed by atoms with van der Waals surface area (Å²) in [6.07, 6.45) is 0. The second-order valence-corrected chi connectivity index (χ2v) is 5.81. The Balaban J connectivity index is 1.91. The first-order chi connectivity index (χ1) is 11.5. The van der Waals surface area contributed by atoms with Crippen LogP contribution < -0.4 is 5.32 Å². The monoisotopic (exact) mass is 326 g/mol. The zero-order chi connectivity index (χ0) is 17.5. The Bertz CT molecular complexity index is 692. The summed E-state index contributed by atoms with van der Waals surface area (Å²) in [7, 11) is 5.36. The van der Waals surface area contributed by atoms with E-state index in [4.69, 9.17) is 0 Å². The molecule has 0 saturated heterocycles. The highest BCUT2D eigenvalue weighted by atomic mass is 16.5. The third kappa shape index (κ3) is 4.93. The van der Waals surface area contributed by atoms with Crippen molar-refractivity contribution in [3.05, 3.63) is 70.8 Å². The fourth-order valence-corrected chi connectivity index (χ4v) is 2.29. The van der Waals surface area contributed by atoms with Gasteiger partial charge in [-0.05, 0) is 49.5 Å². The number of carbonyl (C=O) groups excluding carboxylic acids is 2. The molecule has 0 atom stereocenters. The van der Waals surface area contributed by atoms with Gasteiger partial charge in [-0.25, -0.2) is 4.79 Å². The highest BCUT2D eigenvalue weighted by molar-refractivity contribution is 5.94. The van der Waals surface area contributed by atoms with E-state index in [9.17, 15) is 9.59 Å². The van der Waals surface area contributed by atoms with Gasteiger partial charge in [0.25, 0.3) is 5.91 Å². The minimum Gasteiger partial charge on any atom is -0.465 e. The average Bonchev–Trinajstić information content (AvgIpc) is 2.59. The van der Waals surface area contributed by atoms with Crippen molar-refractivity contribution in [2.24, 2.45) is 0 Å². The van der Waals surface area contributed by atoms with Gasteiger partial charge in [0.2, 0.25) is 0 Å². The van der Waals surface area contributed by atoms with Crippen LogP contribution in [0, 0.1) is 0 Å². The fraction of sp³-hybridized carbons (Fsp3) is 0.263. The number of methoxy groups -OCH3 is 1. The Morgan fingerprint density at radius 2 is 1.46 bits per heavy atom. The molecule has 0 spiro atoms. The van der Waals surface area contributed by atoms with E-state index < -0.39 is 0 Å². The van der Waals surface area contributed by atoms with Gasteiger partial charge in [0.1, 0.15) is 0 Å². The van der Waals surface area contributed by atoms with E-state index >= 15 is 0 Å². The minimum absolute atomic E-state index is 0.122.